The Morgan fingerprint density at radius 2 is 1.96 bits per heavy atom. The quantitative estimate of drug-likeness (QED) is 0.642. The minimum Gasteiger partial charge on any atom is -0.453 e. The molecule has 1 atom stereocenters. The lowest BCUT2D eigenvalue weighted by Gasteiger charge is -2.08. The number of nitrogens with zero attached hydrogens (tertiary/aromatic N) is 1. The van der Waals surface area contributed by atoms with E-state index in [0.29, 0.717) is 4.88 Å². The number of ketones is 1. The summed E-state index contributed by atoms with van der Waals surface area (Å²) in [7, 11) is 0. The molecule has 5 nitrogen and oxygen atoms in total. The number of benzene rings is 1. The molecule has 0 amide bonds. The van der Waals surface area contributed by atoms with Crippen LogP contribution in [0.3, 0.4) is 0 Å². The molecule has 1 N–H and O–H groups in total. The number of ether oxygens (including phenoxy) is 1. The number of nitriles is 1. The zero-order valence-corrected chi connectivity index (χ0v) is 14.1. The van der Waals surface area contributed by atoms with Crippen LogP contribution < -0.4 is 0 Å². The van der Waals surface area contributed by atoms with E-state index < -0.39 is 24.3 Å². The highest BCUT2D eigenvalue weighted by molar-refractivity contribution is 7.12. The van der Waals surface area contributed by atoms with Crippen molar-refractivity contribution >= 4 is 28.8 Å². The Morgan fingerprint density at radius 3 is 2.54 bits per heavy atom. The average Bonchev–Trinajstić information content (AvgIpc) is 3.03. The standard InChI is InChI=1S/C18H16N2O3S/c1-11-3-5-13(6-4-11)14-7-8-24-17(14)18(22)23-10-16(21)15(9-19)12(2)20/h3-8,15,20H,10H2,1-2H3/t15-/m1/s1. The van der Waals surface area contributed by atoms with E-state index in [1.807, 2.05) is 37.3 Å². The van der Waals surface area contributed by atoms with Crippen molar-refractivity contribution in [2.75, 3.05) is 6.61 Å². The number of aryl methyl sites for hydroxylation is 1. The van der Waals surface area contributed by atoms with Crippen LogP contribution in [0.2, 0.25) is 0 Å². The summed E-state index contributed by atoms with van der Waals surface area (Å²) in [5.74, 6) is -2.36. The van der Waals surface area contributed by atoms with Crippen molar-refractivity contribution in [3.8, 4) is 17.2 Å². The van der Waals surface area contributed by atoms with Gasteiger partial charge in [-0.2, -0.15) is 5.26 Å². The molecule has 24 heavy (non-hydrogen) atoms. The van der Waals surface area contributed by atoms with E-state index in [2.05, 4.69) is 0 Å². The van der Waals surface area contributed by atoms with E-state index >= 15 is 0 Å². The number of carbonyl (C=O) groups excluding carboxylic acids is 2. The van der Waals surface area contributed by atoms with Gasteiger partial charge >= 0.3 is 5.97 Å². The van der Waals surface area contributed by atoms with Gasteiger partial charge in [0.05, 0.1) is 6.07 Å². The Morgan fingerprint density at radius 1 is 1.29 bits per heavy atom. The highest BCUT2D eigenvalue weighted by Crippen LogP contribution is 2.29. The van der Waals surface area contributed by atoms with Crippen molar-refractivity contribution in [2.45, 2.75) is 13.8 Å². The van der Waals surface area contributed by atoms with Gasteiger partial charge in [0.25, 0.3) is 0 Å². The van der Waals surface area contributed by atoms with Crippen molar-refractivity contribution in [2.24, 2.45) is 5.92 Å². The molecule has 0 radical (unpaired) electrons. The molecular formula is C18H16N2O3S. The van der Waals surface area contributed by atoms with Gasteiger partial charge in [-0.15, -0.1) is 11.3 Å². The van der Waals surface area contributed by atoms with Crippen LogP contribution >= 0.6 is 11.3 Å². The van der Waals surface area contributed by atoms with Gasteiger partial charge in [-0.3, -0.25) is 4.79 Å². The van der Waals surface area contributed by atoms with Crippen LogP contribution in [0.15, 0.2) is 35.7 Å². The molecule has 0 spiro atoms. The second kappa shape index (κ2) is 7.66. The van der Waals surface area contributed by atoms with Crippen LogP contribution in [0.1, 0.15) is 22.2 Å². The van der Waals surface area contributed by atoms with Crippen LogP contribution in [0, 0.1) is 29.6 Å². The van der Waals surface area contributed by atoms with Gasteiger partial charge in [0, 0.05) is 11.3 Å². The van der Waals surface area contributed by atoms with E-state index in [1.54, 1.807) is 11.4 Å². The number of Topliss-reactive ketones (excluding diaryl/α,β-unsaturated/α-hetero) is 1. The largest absolute Gasteiger partial charge is 0.453 e. The fourth-order valence-electron chi connectivity index (χ4n) is 2.12. The maximum atomic E-state index is 12.3. The predicted molar refractivity (Wildman–Crippen MR) is 92.3 cm³/mol. The zero-order chi connectivity index (χ0) is 17.7. The molecule has 0 fully saturated rings. The van der Waals surface area contributed by atoms with Crippen molar-refractivity contribution < 1.29 is 14.3 Å². The lowest BCUT2D eigenvalue weighted by Crippen LogP contribution is -2.25. The summed E-state index contributed by atoms with van der Waals surface area (Å²) in [6, 6.07) is 11.3. The summed E-state index contributed by atoms with van der Waals surface area (Å²) >= 11 is 1.24. The predicted octanol–water partition coefficient (Wildman–Crippen LogP) is 3.63. The first kappa shape index (κ1) is 17.6. The van der Waals surface area contributed by atoms with Crippen LogP contribution in [0.4, 0.5) is 0 Å². The molecule has 0 saturated carbocycles. The lowest BCUT2D eigenvalue weighted by molar-refractivity contribution is -0.122. The van der Waals surface area contributed by atoms with Crippen molar-refractivity contribution in [1.82, 2.24) is 0 Å². The van der Waals surface area contributed by atoms with Crippen LogP contribution in [0.5, 0.6) is 0 Å². The Kier molecular flexibility index (Phi) is 5.61. The first-order chi connectivity index (χ1) is 11.4. The molecule has 2 aromatic rings. The van der Waals surface area contributed by atoms with Gasteiger partial charge < -0.3 is 10.1 Å². The minimum atomic E-state index is -1.17. The first-order valence-electron chi connectivity index (χ1n) is 7.23. The van der Waals surface area contributed by atoms with Gasteiger partial charge in [-0.1, -0.05) is 29.8 Å². The van der Waals surface area contributed by atoms with Crippen LogP contribution in [-0.2, 0) is 9.53 Å². The first-order valence-corrected chi connectivity index (χ1v) is 8.11. The molecule has 0 saturated heterocycles. The number of hydrogen-bond acceptors (Lipinski definition) is 6. The third kappa shape index (κ3) is 3.94. The Hall–Kier alpha value is -2.78. The lowest BCUT2D eigenvalue weighted by atomic mass is 10.0. The molecule has 122 valence electrons. The number of thiophene rings is 1. The molecule has 1 heterocycles. The number of rotatable bonds is 6. The summed E-state index contributed by atoms with van der Waals surface area (Å²) in [6.07, 6.45) is 0. The summed E-state index contributed by atoms with van der Waals surface area (Å²) < 4.78 is 5.04. The molecule has 6 heteroatoms. The van der Waals surface area contributed by atoms with Gasteiger partial charge in [0.2, 0.25) is 0 Å². The maximum Gasteiger partial charge on any atom is 0.349 e. The highest BCUT2D eigenvalue weighted by atomic mass is 32.1. The minimum absolute atomic E-state index is 0.0602. The van der Waals surface area contributed by atoms with Gasteiger partial charge in [-0.05, 0) is 30.9 Å². The summed E-state index contributed by atoms with van der Waals surface area (Å²) in [5, 5.41) is 18.1. The average molecular weight is 340 g/mol. The molecule has 0 aliphatic carbocycles. The van der Waals surface area contributed by atoms with Crippen molar-refractivity contribution in [3.63, 3.8) is 0 Å². The second-order valence-corrected chi connectivity index (χ2v) is 6.23. The fourth-order valence-corrected chi connectivity index (χ4v) is 2.93. The Balaban J connectivity index is 2.11. The van der Waals surface area contributed by atoms with E-state index in [0.717, 1.165) is 16.7 Å². The molecule has 1 aromatic heterocycles. The van der Waals surface area contributed by atoms with Crippen molar-refractivity contribution in [1.29, 1.82) is 10.7 Å². The maximum absolute atomic E-state index is 12.3. The van der Waals surface area contributed by atoms with E-state index in [1.165, 1.54) is 18.3 Å². The highest BCUT2D eigenvalue weighted by Gasteiger charge is 2.23. The topological polar surface area (TPSA) is 91.0 Å². The molecule has 1 aromatic carbocycles. The second-order valence-electron chi connectivity index (χ2n) is 5.32. The summed E-state index contributed by atoms with van der Waals surface area (Å²) in [5.41, 5.74) is 2.70. The number of esters is 1. The van der Waals surface area contributed by atoms with Crippen molar-refractivity contribution in [3.05, 3.63) is 46.2 Å². The normalized spacial score (nSPS) is 11.4. The summed E-state index contributed by atoms with van der Waals surface area (Å²) in [6.45, 7) is 2.84. The van der Waals surface area contributed by atoms with E-state index in [9.17, 15) is 9.59 Å². The molecule has 0 aliphatic rings. The fraction of sp³-hybridized carbons (Fsp3) is 0.222. The van der Waals surface area contributed by atoms with Crippen LogP contribution in [-0.4, -0.2) is 24.1 Å². The molecule has 0 unspecified atom stereocenters. The summed E-state index contributed by atoms with van der Waals surface area (Å²) in [4.78, 5) is 24.5. The number of hydrogen-bond donors (Lipinski definition) is 1. The smallest absolute Gasteiger partial charge is 0.349 e. The molecule has 0 aliphatic heterocycles. The SMILES string of the molecule is CC(=N)[C@@H](C#N)C(=O)COC(=O)c1sccc1-c1ccc(C)cc1. The van der Waals surface area contributed by atoms with E-state index in [4.69, 9.17) is 15.4 Å². The van der Waals surface area contributed by atoms with Gasteiger partial charge in [0.15, 0.2) is 12.4 Å². The van der Waals surface area contributed by atoms with Gasteiger partial charge in [0.1, 0.15) is 10.8 Å². The monoisotopic (exact) mass is 340 g/mol. The third-order valence-electron chi connectivity index (χ3n) is 3.44. The Bertz CT molecular complexity index is 816. The zero-order valence-electron chi connectivity index (χ0n) is 13.3. The Labute approximate surface area is 144 Å². The molecule has 2 rings (SSSR count). The van der Waals surface area contributed by atoms with Crippen LogP contribution in [0.25, 0.3) is 11.1 Å². The van der Waals surface area contributed by atoms with Gasteiger partial charge in [-0.25, -0.2) is 4.79 Å². The third-order valence-corrected chi connectivity index (χ3v) is 4.34. The number of nitrogens with one attached hydrogen (secondary N) is 1. The molecule has 0 bridgehead atoms. The van der Waals surface area contributed by atoms with E-state index in [-0.39, 0.29) is 5.71 Å². The molecular weight excluding hydrogens is 324 g/mol. The number of carbonyl (C=O) groups is 2.